The zero-order chi connectivity index (χ0) is 17.9. The summed E-state index contributed by atoms with van der Waals surface area (Å²) >= 11 is 0. The molecule has 0 unspecified atom stereocenters. The number of amides is 1. The van der Waals surface area contributed by atoms with E-state index in [0.717, 1.165) is 16.9 Å². The maximum absolute atomic E-state index is 12.5. The molecular formula is C21H27NO2. The molecule has 3 heteroatoms. The van der Waals surface area contributed by atoms with Gasteiger partial charge in [-0.2, -0.15) is 0 Å². The van der Waals surface area contributed by atoms with Crippen LogP contribution in [0.5, 0.6) is 5.75 Å². The lowest BCUT2D eigenvalue weighted by Gasteiger charge is -2.21. The van der Waals surface area contributed by atoms with Crippen molar-refractivity contribution < 1.29 is 9.53 Å². The van der Waals surface area contributed by atoms with Crippen molar-refractivity contribution in [3.8, 4) is 5.75 Å². The van der Waals surface area contributed by atoms with Crippen LogP contribution in [0.1, 0.15) is 47.7 Å². The molecule has 0 aliphatic rings. The molecule has 0 radical (unpaired) electrons. The van der Waals surface area contributed by atoms with E-state index >= 15 is 0 Å². The molecule has 0 aromatic heterocycles. The summed E-state index contributed by atoms with van der Waals surface area (Å²) in [4.78, 5) is 12.5. The van der Waals surface area contributed by atoms with Crippen LogP contribution < -0.4 is 10.1 Å². The van der Waals surface area contributed by atoms with Crippen molar-refractivity contribution in [1.82, 2.24) is 5.32 Å². The monoisotopic (exact) mass is 325 g/mol. The Kier molecular flexibility index (Phi) is 5.66. The second-order valence-corrected chi connectivity index (χ2v) is 6.62. The minimum atomic E-state index is -0.542. The van der Waals surface area contributed by atoms with Crippen LogP contribution in [0.2, 0.25) is 0 Å². The van der Waals surface area contributed by atoms with E-state index in [0.29, 0.717) is 0 Å². The minimum Gasteiger partial charge on any atom is -0.481 e. The van der Waals surface area contributed by atoms with Gasteiger partial charge in [-0.3, -0.25) is 4.79 Å². The average Bonchev–Trinajstić information content (AvgIpc) is 2.49. The van der Waals surface area contributed by atoms with Crippen LogP contribution in [0.15, 0.2) is 36.4 Å². The molecule has 0 saturated heterocycles. The lowest BCUT2D eigenvalue weighted by molar-refractivity contribution is -0.127. The van der Waals surface area contributed by atoms with Gasteiger partial charge in [-0.05, 0) is 64.3 Å². The van der Waals surface area contributed by atoms with Gasteiger partial charge in [-0.25, -0.2) is 0 Å². The Bertz CT molecular complexity index is 737. The Morgan fingerprint density at radius 2 is 1.50 bits per heavy atom. The maximum Gasteiger partial charge on any atom is 0.261 e. The van der Waals surface area contributed by atoms with Crippen molar-refractivity contribution in [2.45, 2.75) is 53.7 Å². The van der Waals surface area contributed by atoms with E-state index in [2.05, 4.69) is 43.4 Å². The number of carbonyl (C=O) groups is 1. The first-order chi connectivity index (χ1) is 11.3. The van der Waals surface area contributed by atoms with E-state index in [1.54, 1.807) is 6.92 Å². The van der Waals surface area contributed by atoms with Crippen LogP contribution in [0.4, 0.5) is 0 Å². The number of ether oxygens (including phenoxy) is 1. The third kappa shape index (κ3) is 4.38. The van der Waals surface area contributed by atoms with Gasteiger partial charge in [0.15, 0.2) is 6.10 Å². The van der Waals surface area contributed by atoms with Crippen LogP contribution in [0.25, 0.3) is 0 Å². The van der Waals surface area contributed by atoms with E-state index in [9.17, 15) is 4.79 Å². The number of benzene rings is 2. The fourth-order valence-corrected chi connectivity index (χ4v) is 2.90. The first-order valence-corrected chi connectivity index (χ1v) is 8.39. The van der Waals surface area contributed by atoms with Gasteiger partial charge in [-0.1, -0.05) is 41.5 Å². The Labute approximate surface area is 145 Å². The fraction of sp³-hybridized carbons (Fsp3) is 0.381. The molecule has 0 bridgehead atoms. The van der Waals surface area contributed by atoms with Crippen molar-refractivity contribution in [1.29, 1.82) is 0 Å². The van der Waals surface area contributed by atoms with Crippen molar-refractivity contribution in [3.05, 3.63) is 64.2 Å². The van der Waals surface area contributed by atoms with Crippen LogP contribution in [-0.2, 0) is 4.79 Å². The van der Waals surface area contributed by atoms with E-state index in [-0.39, 0.29) is 11.9 Å². The minimum absolute atomic E-state index is 0.0525. The first kappa shape index (κ1) is 18.1. The predicted molar refractivity (Wildman–Crippen MR) is 98.5 cm³/mol. The number of carbonyl (C=O) groups excluding carboxylic acids is 1. The van der Waals surface area contributed by atoms with Gasteiger partial charge in [0.1, 0.15) is 5.75 Å². The molecule has 0 saturated carbocycles. The van der Waals surface area contributed by atoms with Gasteiger partial charge in [0.2, 0.25) is 0 Å². The second kappa shape index (κ2) is 7.52. The zero-order valence-electron chi connectivity index (χ0n) is 15.4. The molecule has 3 nitrogen and oxygen atoms in total. The SMILES string of the molecule is Cc1ccc(O[C@H](C)C(=O)N[C@@H](C)c2ccc(C)cc2C)c(C)c1. The van der Waals surface area contributed by atoms with Crippen molar-refractivity contribution >= 4 is 5.91 Å². The zero-order valence-corrected chi connectivity index (χ0v) is 15.4. The molecule has 0 spiro atoms. The molecule has 0 aliphatic carbocycles. The summed E-state index contributed by atoms with van der Waals surface area (Å²) in [5, 5.41) is 3.04. The number of rotatable bonds is 5. The molecule has 2 rings (SSSR count). The van der Waals surface area contributed by atoms with Gasteiger partial charge < -0.3 is 10.1 Å². The van der Waals surface area contributed by atoms with Crippen LogP contribution in [0.3, 0.4) is 0 Å². The van der Waals surface area contributed by atoms with Crippen molar-refractivity contribution in [2.24, 2.45) is 0 Å². The number of nitrogens with one attached hydrogen (secondary N) is 1. The standard InChI is InChI=1S/C21H27NO2/c1-13-7-9-19(15(3)11-13)17(5)22-21(23)18(6)24-20-10-8-14(2)12-16(20)4/h7-12,17-18H,1-6H3,(H,22,23)/t17-,18+/m0/s1. The molecule has 2 aromatic rings. The second-order valence-electron chi connectivity index (χ2n) is 6.62. The van der Waals surface area contributed by atoms with Gasteiger partial charge in [-0.15, -0.1) is 0 Å². The number of hydrogen-bond acceptors (Lipinski definition) is 2. The topological polar surface area (TPSA) is 38.3 Å². The Balaban J connectivity index is 2.02. The first-order valence-electron chi connectivity index (χ1n) is 8.39. The Morgan fingerprint density at radius 3 is 2.08 bits per heavy atom. The lowest BCUT2D eigenvalue weighted by Crippen LogP contribution is -2.38. The summed E-state index contributed by atoms with van der Waals surface area (Å²) in [5.41, 5.74) is 5.76. The van der Waals surface area contributed by atoms with Gasteiger partial charge in [0.25, 0.3) is 5.91 Å². The van der Waals surface area contributed by atoms with Crippen molar-refractivity contribution in [2.75, 3.05) is 0 Å². The molecule has 2 atom stereocenters. The van der Waals surface area contributed by atoms with Gasteiger partial charge >= 0.3 is 0 Å². The highest BCUT2D eigenvalue weighted by Gasteiger charge is 2.19. The smallest absolute Gasteiger partial charge is 0.261 e. The molecule has 1 N–H and O–H groups in total. The van der Waals surface area contributed by atoms with Gasteiger partial charge in [0.05, 0.1) is 6.04 Å². The quantitative estimate of drug-likeness (QED) is 0.875. The summed E-state index contributed by atoms with van der Waals surface area (Å²) in [6, 6.07) is 12.2. The summed E-state index contributed by atoms with van der Waals surface area (Å²) in [6.45, 7) is 12.0. The van der Waals surface area contributed by atoms with E-state index in [1.165, 1.54) is 16.7 Å². The highest BCUT2D eigenvalue weighted by Crippen LogP contribution is 2.21. The highest BCUT2D eigenvalue weighted by molar-refractivity contribution is 5.81. The Hall–Kier alpha value is -2.29. The van der Waals surface area contributed by atoms with Crippen LogP contribution in [-0.4, -0.2) is 12.0 Å². The number of hydrogen-bond donors (Lipinski definition) is 1. The van der Waals surface area contributed by atoms with Crippen LogP contribution >= 0.6 is 0 Å². The molecule has 24 heavy (non-hydrogen) atoms. The molecular weight excluding hydrogens is 298 g/mol. The van der Waals surface area contributed by atoms with E-state index in [4.69, 9.17) is 4.74 Å². The summed E-state index contributed by atoms with van der Waals surface area (Å²) in [5.74, 6) is 0.643. The lowest BCUT2D eigenvalue weighted by atomic mass is 10.00. The normalized spacial score (nSPS) is 13.2. The van der Waals surface area contributed by atoms with Gasteiger partial charge in [0, 0.05) is 0 Å². The van der Waals surface area contributed by atoms with Crippen molar-refractivity contribution in [3.63, 3.8) is 0 Å². The summed E-state index contributed by atoms with van der Waals surface area (Å²) in [6.07, 6.45) is -0.542. The molecule has 1 amide bonds. The van der Waals surface area contributed by atoms with E-state index in [1.807, 2.05) is 32.9 Å². The third-order valence-corrected chi connectivity index (χ3v) is 4.25. The highest BCUT2D eigenvalue weighted by atomic mass is 16.5. The molecule has 0 aliphatic heterocycles. The van der Waals surface area contributed by atoms with E-state index < -0.39 is 6.10 Å². The third-order valence-electron chi connectivity index (χ3n) is 4.25. The molecule has 128 valence electrons. The summed E-state index contributed by atoms with van der Waals surface area (Å²) in [7, 11) is 0. The Morgan fingerprint density at radius 1 is 0.917 bits per heavy atom. The summed E-state index contributed by atoms with van der Waals surface area (Å²) < 4.78 is 5.84. The van der Waals surface area contributed by atoms with Crippen LogP contribution in [0, 0.1) is 27.7 Å². The predicted octanol–water partition coefficient (Wildman–Crippen LogP) is 4.56. The molecule has 0 heterocycles. The fourth-order valence-electron chi connectivity index (χ4n) is 2.90. The maximum atomic E-state index is 12.5. The number of aryl methyl sites for hydroxylation is 4. The average molecular weight is 325 g/mol. The molecule has 2 aromatic carbocycles. The molecule has 0 fully saturated rings. The largest absolute Gasteiger partial charge is 0.481 e.